The van der Waals surface area contributed by atoms with E-state index in [0.29, 0.717) is 6.04 Å². The summed E-state index contributed by atoms with van der Waals surface area (Å²) in [5.74, 6) is 0.976. The standard InChI is InChI=1S/C10H13NO/c1-2-12-9-5-3-4-8(6-9)10-7-11-10/h3-6,10-11H,2,7H2,1H3/t10-/m1/s1. The average Bonchev–Trinajstić information content (AvgIpc) is 2.88. The summed E-state index contributed by atoms with van der Waals surface area (Å²) in [4.78, 5) is 0. The monoisotopic (exact) mass is 163 g/mol. The summed E-state index contributed by atoms with van der Waals surface area (Å²) in [5, 5.41) is 3.26. The van der Waals surface area contributed by atoms with Gasteiger partial charge in [-0.15, -0.1) is 0 Å². The minimum Gasteiger partial charge on any atom is -0.494 e. The van der Waals surface area contributed by atoms with Crippen LogP contribution in [-0.4, -0.2) is 13.2 Å². The third-order valence-electron chi connectivity index (χ3n) is 1.98. The Morgan fingerprint density at radius 3 is 3.08 bits per heavy atom. The second kappa shape index (κ2) is 3.15. The van der Waals surface area contributed by atoms with Gasteiger partial charge in [-0.25, -0.2) is 0 Å². The minimum absolute atomic E-state index is 0.574. The Morgan fingerprint density at radius 1 is 1.58 bits per heavy atom. The second-order valence-electron chi connectivity index (χ2n) is 2.97. The van der Waals surface area contributed by atoms with E-state index in [2.05, 4.69) is 17.4 Å². The van der Waals surface area contributed by atoms with Crippen LogP contribution in [0.1, 0.15) is 18.5 Å². The summed E-state index contributed by atoms with van der Waals surface area (Å²) >= 11 is 0. The van der Waals surface area contributed by atoms with Crippen LogP contribution in [0, 0.1) is 0 Å². The van der Waals surface area contributed by atoms with Gasteiger partial charge in [0.15, 0.2) is 0 Å². The molecule has 0 aromatic heterocycles. The van der Waals surface area contributed by atoms with Crippen LogP contribution in [0.15, 0.2) is 24.3 Å². The molecule has 0 aliphatic carbocycles. The zero-order valence-electron chi connectivity index (χ0n) is 7.21. The molecule has 1 aromatic rings. The number of rotatable bonds is 3. The molecule has 12 heavy (non-hydrogen) atoms. The summed E-state index contributed by atoms with van der Waals surface area (Å²) in [6.07, 6.45) is 0. The normalized spacial score (nSPS) is 20.6. The maximum absolute atomic E-state index is 5.40. The third-order valence-corrected chi connectivity index (χ3v) is 1.98. The first kappa shape index (κ1) is 7.62. The van der Waals surface area contributed by atoms with Gasteiger partial charge in [0.25, 0.3) is 0 Å². The molecule has 1 N–H and O–H groups in total. The highest BCUT2D eigenvalue weighted by Gasteiger charge is 2.21. The van der Waals surface area contributed by atoms with E-state index in [4.69, 9.17) is 4.74 Å². The highest BCUT2D eigenvalue weighted by molar-refractivity contribution is 5.32. The van der Waals surface area contributed by atoms with Crippen molar-refractivity contribution < 1.29 is 4.74 Å². The van der Waals surface area contributed by atoms with E-state index >= 15 is 0 Å². The predicted octanol–water partition coefficient (Wildman–Crippen LogP) is 1.73. The van der Waals surface area contributed by atoms with Crippen LogP contribution in [0.2, 0.25) is 0 Å². The lowest BCUT2D eigenvalue weighted by Crippen LogP contribution is -1.92. The lowest BCUT2D eigenvalue weighted by atomic mass is 10.1. The molecular weight excluding hydrogens is 150 g/mol. The number of nitrogens with one attached hydrogen (secondary N) is 1. The van der Waals surface area contributed by atoms with Crippen LogP contribution < -0.4 is 10.1 Å². The van der Waals surface area contributed by atoms with Gasteiger partial charge in [-0.3, -0.25) is 0 Å². The molecule has 0 bridgehead atoms. The molecule has 1 aliphatic heterocycles. The maximum Gasteiger partial charge on any atom is 0.119 e. The van der Waals surface area contributed by atoms with Gasteiger partial charge in [0.2, 0.25) is 0 Å². The molecule has 1 fully saturated rings. The van der Waals surface area contributed by atoms with Crippen molar-refractivity contribution in [3.05, 3.63) is 29.8 Å². The van der Waals surface area contributed by atoms with Crippen LogP contribution in [0.25, 0.3) is 0 Å². The van der Waals surface area contributed by atoms with E-state index in [0.717, 1.165) is 18.9 Å². The first-order chi connectivity index (χ1) is 5.90. The van der Waals surface area contributed by atoms with Crippen LogP contribution >= 0.6 is 0 Å². The summed E-state index contributed by atoms with van der Waals surface area (Å²) in [6.45, 7) is 3.85. The Morgan fingerprint density at radius 2 is 2.42 bits per heavy atom. The van der Waals surface area contributed by atoms with Crippen LogP contribution in [0.4, 0.5) is 0 Å². The zero-order valence-corrected chi connectivity index (χ0v) is 7.21. The summed E-state index contributed by atoms with van der Waals surface area (Å²) in [7, 11) is 0. The van der Waals surface area contributed by atoms with E-state index in [9.17, 15) is 0 Å². The topological polar surface area (TPSA) is 31.2 Å². The molecule has 64 valence electrons. The number of hydrogen-bond donors (Lipinski definition) is 1. The molecule has 0 spiro atoms. The summed E-state index contributed by atoms with van der Waals surface area (Å²) < 4.78 is 5.40. The largest absolute Gasteiger partial charge is 0.494 e. The zero-order chi connectivity index (χ0) is 8.39. The van der Waals surface area contributed by atoms with E-state index in [1.807, 2.05) is 19.1 Å². The molecular formula is C10H13NO. The molecule has 2 nitrogen and oxygen atoms in total. The molecule has 1 heterocycles. The molecule has 1 atom stereocenters. The highest BCUT2D eigenvalue weighted by atomic mass is 16.5. The Balaban J connectivity index is 2.15. The molecule has 2 heteroatoms. The fraction of sp³-hybridized carbons (Fsp3) is 0.400. The Bertz CT molecular complexity index is 268. The van der Waals surface area contributed by atoms with Crippen molar-refractivity contribution in [2.45, 2.75) is 13.0 Å². The molecule has 0 radical (unpaired) electrons. The van der Waals surface area contributed by atoms with Crippen LogP contribution in [0.5, 0.6) is 5.75 Å². The smallest absolute Gasteiger partial charge is 0.119 e. The summed E-state index contributed by atoms with van der Waals surface area (Å²) in [6, 6.07) is 8.85. The molecule has 2 rings (SSSR count). The van der Waals surface area contributed by atoms with Gasteiger partial charge in [-0.1, -0.05) is 12.1 Å². The molecule has 1 aromatic carbocycles. The Kier molecular flexibility index (Phi) is 2.00. The fourth-order valence-corrected chi connectivity index (χ4v) is 1.28. The average molecular weight is 163 g/mol. The van der Waals surface area contributed by atoms with Gasteiger partial charge in [-0.2, -0.15) is 0 Å². The number of ether oxygens (including phenoxy) is 1. The van der Waals surface area contributed by atoms with Crippen LogP contribution in [-0.2, 0) is 0 Å². The quantitative estimate of drug-likeness (QED) is 0.688. The lowest BCUT2D eigenvalue weighted by Gasteiger charge is -2.03. The number of benzene rings is 1. The maximum atomic E-state index is 5.40. The van der Waals surface area contributed by atoms with Crippen molar-refractivity contribution in [3.8, 4) is 5.75 Å². The Labute approximate surface area is 72.5 Å². The molecule has 0 amide bonds. The van der Waals surface area contributed by atoms with Gasteiger partial charge in [0, 0.05) is 12.6 Å². The molecule has 1 saturated heterocycles. The molecule has 0 saturated carbocycles. The van der Waals surface area contributed by atoms with Gasteiger partial charge in [0.1, 0.15) is 5.75 Å². The number of hydrogen-bond acceptors (Lipinski definition) is 2. The fourth-order valence-electron chi connectivity index (χ4n) is 1.28. The predicted molar refractivity (Wildman–Crippen MR) is 48.4 cm³/mol. The van der Waals surface area contributed by atoms with Gasteiger partial charge >= 0.3 is 0 Å². The van der Waals surface area contributed by atoms with Gasteiger partial charge in [0.05, 0.1) is 6.61 Å². The van der Waals surface area contributed by atoms with Crippen molar-refractivity contribution in [2.75, 3.05) is 13.2 Å². The molecule has 0 unspecified atom stereocenters. The van der Waals surface area contributed by atoms with Crippen molar-refractivity contribution in [1.82, 2.24) is 5.32 Å². The lowest BCUT2D eigenvalue weighted by molar-refractivity contribution is 0.340. The second-order valence-corrected chi connectivity index (χ2v) is 2.97. The van der Waals surface area contributed by atoms with Crippen LogP contribution in [0.3, 0.4) is 0 Å². The minimum atomic E-state index is 0.574. The van der Waals surface area contributed by atoms with E-state index in [-0.39, 0.29) is 0 Å². The van der Waals surface area contributed by atoms with Crippen molar-refractivity contribution in [3.63, 3.8) is 0 Å². The SMILES string of the molecule is CCOc1cccc([C@H]2CN2)c1. The van der Waals surface area contributed by atoms with Crippen molar-refractivity contribution in [2.24, 2.45) is 0 Å². The highest BCUT2D eigenvalue weighted by Crippen LogP contribution is 2.24. The summed E-state index contributed by atoms with van der Waals surface area (Å²) in [5.41, 5.74) is 1.33. The first-order valence-corrected chi connectivity index (χ1v) is 4.36. The van der Waals surface area contributed by atoms with E-state index in [1.54, 1.807) is 0 Å². The van der Waals surface area contributed by atoms with E-state index < -0.39 is 0 Å². The molecule has 1 aliphatic rings. The Hall–Kier alpha value is -1.02. The van der Waals surface area contributed by atoms with Gasteiger partial charge in [-0.05, 0) is 24.6 Å². The van der Waals surface area contributed by atoms with E-state index in [1.165, 1.54) is 5.56 Å². The van der Waals surface area contributed by atoms with Crippen molar-refractivity contribution in [1.29, 1.82) is 0 Å². The van der Waals surface area contributed by atoms with Gasteiger partial charge < -0.3 is 10.1 Å². The first-order valence-electron chi connectivity index (χ1n) is 4.36. The third kappa shape index (κ3) is 1.59. The van der Waals surface area contributed by atoms with Crippen molar-refractivity contribution >= 4 is 0 Å².